The highest BCUT2D eigenvalue weighted by molar-refractivity contribution is 9.10. The molecule has 2 saturated heterocycles. The zero-order valence-corrected chi connectivity index (χ0v) is 20.3. The van der Waals surface area contributed by atoms with Crippen LogP contribution in [0, 0.1) is 5.92 Å². The van der Waals surface area contributed by atoms with Gasteiger partial charge in [0.05, 0.1) is 17.4 Å². The fourth-order valence-electron chi connectivity index (χ4n) is 4.58. The van der Waals surface area contributed by atoms with Crippen molar-refractivity contribution in [1.82, 2.24) is 0 Å². The van der Waals surface area contributed by atoms with Crippen LogP contribution in [0.1, 0.15) is 37.9 Å². The van der Waals surface area contributed by atoms with Crippen LogP contribution >= 0.6 is 15.9 Å². The van der Waals surface area contributed by atoms with E-state index in [4.69, 9.17) is 4.84 Å². The third kappa shape index (κ3) is 3.77. The zero-order chi connectivity index (χ0) is 23.3. The SMILES string of the molecule is CC(C)(C)c1ccc([C@@H]2[C@@H]3C(=O)N(c4ccc(Br)cc4)C(=O)[C@@H]3ON2c2ccccc2)cc1. The Kier molecular flexibility index (Phi) is 5.38. The molecule has 2 heterocycles. The molecule has 3 aromatic carbocycles. The van der Waals surface area contributed by atoms with Gasteiger partial charge in [-0.2, -0.15) is 0 Å². The molecule has 6 heteroatoms. The first-order chi connectivity index (χ1) is 15.8. The molecule has 0 radical (unpaired) electrons. The number of hydrogen-bond acceptors (Lipinski definition) is 4. The van der Waals surface area contributed by atoms with Crippen molar-refractivity contribution in [3.63, 3.8) is 0 Å². The van der Waals surface area contributed by atoms with E-state index in [1.165, 1.54) is 10.5 Å². The topological polar surface area (TPSA) is 49.9 Å². The number of anilines is 2. The standard InChI is InChI=1S/C27H25BrN2O3/c1-27(2,3)18-11-9-17(10-12-18)23-22-24(33-30(23)21-7-5-4-6-8-21)26(32)29(25(22)31)20-15-13-19(28)14-16-20/h4-16,22-24H,1-3H3/t22-,23+,24+/m0/s1. The number of para-hydroxylation sites is 1. The quantitative estimate of drug-likeness (QED) is 0.423. The fraction of sp³-hybridized carbons (Fsp3) is 0.259. The van der Waals surface area contributed by atoms with Gasteiger partial charge < -0.3 is 0 Å². The van der Waals surface area contributed by atoms with Crippen molar-refractivity contribution in [2.45, 2.75) is 38.3 Å². The lowest BCUT2D eigenvalue weighted by Gasteiger charge is -2.29. The van der Waals surface area contributed by atoms with Crippen LogP contribution < -0.4 is 9.96 Å². The van der Waals surface area contributed by atoms with E-state index in [9.17, 15) is 9.59 Å². The third-order valence-corrected chi connectivity index (χ3v) is 6.86. The first-order valence-electron chi connectivity index (χ1n) is 11.0. The molecule has 0 saturated carbocycles. The first-order valence-corrected chi connectivity index (χ1v) is 11.8. The third-order valence-electron chi connectivity index (χ3n) is 6.33. The van der Waals surface area contributed by atoms with Crippen LogP contribution in [0.15, 0.2) is 83.3 Å². The molecular formula is C27H25BrN2O3. The number of carbonyl (C=O) groups excluding carboxylic acids is 2. The summed E-state index contributed by atoms with van der Waals surface area (Å²) in [5.41, 5.74) is 3.53. The monoisotopic (exact) mass is 504 g/mol. The minimum absolute atomic E-state index is 0.0177. The Hall–Kier alpha value is -2.96. The highest BCUT2D eigenvalue weighted by atomic mass is 79.9. The van der Waals surface area contributed by atoms with E-state index in [0.29, 0.717) is 5.69 Å². The molecule has 0 spiro atoms. The number of rotatable bonds is 3. The summed E-state index contributed by atoms with van der Waals surface area (Å²) in [4.78, 5) is 34.5. The van der Waals surface area contributed by atoms with Crippen molar-refractivity contribution >= 4 is 39.1 Å². The second-order valence-electron chi connectivity index (χ2n) is 9.52. The Balaban J connectivity index is 1.57. The number of hydroxylamine groups is 1. The van der Waals surface area contributed by atoms with Gasteiger partial charge in [-0.1, -0.05) is 79.2 Å². The van der Waals surface area contributed by atoms with Gasteiger partial charge >= 0.3 is 0 Å². The Labute approximate surface area is 202 Å². The molecule has 3 atom stereocenters. The van der Waals surface area contributed by atoms with Gasteiger partial charge in [0, 0.05) is 4.47 Å². The summed E-state index contributed by atoms with van der Waals surface area (Å²) in [5, 5.41) is 1.73. The Morgan fingerprint density at radius 2 is 1.42 bits per heavy atom. The predicted molar refractivity (Wildman–Crippen MR) is 132 cm³/mol. The van der Waals surface area contributed by atoms with Gasteiger partial charge in [0.2, 0.25) is 5.91 Å². The number of halogens is 1. The van der Waals surface area contributed by atoms with Gasteiger partial charge in [-0.3, -0.25) is 14.4 Å². The number of amides is 2. The molecule has 168 valence electrons. The summed E-state index contributed by atoms with van der Waals surface area (Å²) < 4.78 is 0.883. The second-order valence-corrected chi connectivity index (χ2v) is 10.4. The number of imide groups is 1. The lowest BCUT2D eigenvalue weighted by molar-refractivity contribution is -0.126. The van der Waals surface area contributed by atoms with Gasteiger partial charge in [0.25, 0.3) is 5.91 Å². The molecule has 2 aliphatic heterocycles. The summed E-state index contributed by atoms with van der Waals surface area (Å²) in [6.45, 7) is 6.51. The highest BCUT2D eigenvalue weighted by Gasteiger charge is 2.60. The number of carbonyl (C=O) groups is 2. The van der Waals surface area contributed by atoms with Gasteiger partial charge in [-0.25, -0.2) is 9.96 Å². The maximum Gasteiger partial charge on any atom is 0.266 e. The van der Waals surface area contributed by atoms with E-state index in [1.807, 2.05) is 54.6 Å². The van der Waals surface area contributed by atoms with Crippen LogP contribution in [-0.4, -0.2) is 17.9 Å². The molecular weight excluding hydrogens is 480 g/mol. The van der Waals surface area contributed by atoms with E-state index in [1.54, 1.807) is 17.2 Å². The second kappa shape index (κ2) is 8.12. The van der Waals surface area contributed by atoms with Gasteiger partial charge in [-0.05, 0) is 52.9 Å². The fourth-order valence-corrected chi connectivity index (χ4v) is 4.84. The molecule has 3 aromatic rings. The molecule has 5 nitrogen and oxygen atoms in total. The number of benzene rings is 3. The van der Waals surface area contributed by atoms with Crippen molar-refractivity contribution in [2.24, 2.45) is 5.92 Å². The molecule has 0 bridgehead atoms. The normalized spacial score (nSPS) is 22.7. The maximum absolute atomic E-state index is 13.7. The number of fused-ring (bicyclic) bond motifs is 1. The van der Waals surface area contributed by atoms with Crippen molar-refractivity contribution in [3.05, 3.63) is 94.5 Å². The Morgan fingerprint density at radius 3 is 2.03 bits per heavy atom. The molecule has 2 amide bonds. The van der Waals surface area contributed by atoms with Gasteiger partial charge in [-0.15, -0.1) is 0 Å². The van der Waals surface area contributed by atoms with Gasteiger partial charge in [0.1, 0.15) is 5.92 Å². The maximum atomic E-state index is 13.7. The van der Waals surface area contributed by atoms with Crippen molar-refractivity contribution in [2.75, 3.05) is 9.96 Å². The number of hydrogen-bond donors (Lipinski definition) is 0. The van der Waals surface area contributed by atoms with Gasteiger partial charge in [0.15, 0.2) is 6.10 Å². The van der Waals surface area contributed by atoms with Crippen LogP contribution in [0.3, 0.4) is 0 Å². The van der Waals surface area contributed by atoms with Crippen LogP contribution in [0.4, 0.5) is 11.4 Å². The molecule has 0 unspecified atom stereocenters. The van der Waals surface area contributed by atoms with E-state index in [0.717, 1.165) is 15.7 Å². The molecule has 0 aliphatic carbocycles. The van der Waals surface area contributed by atoms with E-state index in [2.05, 4.69) is 48.8 Å². The van der Waals surface area contributed by atoms with E-state index < -0.39 is 18.1 Å². The van der Waals surface area contributed by atoms with E-state index >= 15 is 0 Å². The van der Waals surface area contributed by atoms with Crippen LogP contribution in [0.2, 0.25) is 0 Å². The molecule has 5 rings (SSSR count). The summed E-state index contributed by atoms with van der Waals surface area (Å²) in [6.07, 6.45) is -0.867. The average molecular weight is 505 g/mol. The van der Waals surface area contributed by atoms with Crippen LogP contribution in [-0.2, 0) is 19.8 Å². The minimum Gasteiger partial charge on any atom is -0.273 e. The number of nitrogens with zero attached hydrogens (tertiary/aromatic N) is 2. The highest BCUT2D eigenvalue weighted by Crippen LogP contribution is 2.47. The van der Waals surface area contributed by atoms with Crippen molar-refractivity contribution < 1.29 is 14.4 Å². The summed E-state index contributed by atoms with van der Waals surface area (Å²) in [7, 11) is 0. The summed E-state index contributed by atoms with van der Waals surface area (Å²) in [5.74, 6) is -1.21. The molecule has 0 N–H and O–H groups in total. The lowest BCUT2D eigenvalue weighted by Crippen LogP contribution is -2.37. The smallest absolute Gasteiger partial charge is 0.266 e. The molecule has 2 aliphatic rings. The van der Waals surface area contributed by atoms with Crippen LogP contribution in [0.5, 0.6) is 0 Å². The molecule has 33 heavy (non-hydrogen) atoms. The molecule has 0 aromatic heterocycles. The summed E-state index contributed by atoms with van der Waals surface area (Å²) in [6, 6.07) is 24.7. The summed E-state index contributed by atoms with van der Waals surface area (Å²) >= 11 is 3.41. The Bertz CT molecular complexity index is 1190. The largest absolute Gasteiger partial charge is 0.273 e. The van der Waals surface area contributed by atoms with E-state index in [-0.39, 0.29) is 17.2 Å². The first kappa shape index (κ1) is 21.9. The zero-order valence-electron chi connectivity index (χ0n) is 18.7. The minimum atomic E-state index is -0.867. The lowest BCUT2D eigenvalue weighted by atomic mass is 9.84. The average Bonchev–Trinajstić information content (AvgIpc) is 3.31. The van der Waals surface area contributed by atoms with Crippen LogP contribution in [0.25, 0.3) is 0 Å². The predicted octanol–water partition coefficient (Wildman–Crippen LogP) is 5.80. The van der Waals surface area contributed by atoms with Crippen molar-refractivity contribution in [1.29, 1.82) is 0 Å². The molecule has 2 fully saturated rings. The van der Waals surface area contributed by atoms with Crippen molar-refractivity contribution in [3.8, 4) is 0 Å². The Morgan fingerprint density at radius 1 is 0.788 bits per heavy atom.